The van der Waals surface area contributed by atoms with Crippen molar-refractivity contribution in [2.75, 3.05) is 59.8 Å². The maximum Gasteiger partial charge on any atom is 0.191 e. The van der Waals surface area contributed by atoms with Crippen molar-refractivity contribution in [3.63, 3.8) is 0 Å². The Bertz CT molecular complexity index is 779. The van der Waals surface area contributed by atoms with Crippen LogP contribution in [0, 0.1) is 0 Å². The van der Waals surface area contributed by atoms with E-state index in [1.54, 1.807) is 28.0 Å². The van der Waals surface area contributed by atoms with Crippen LogP contribution < -0.4 is 15.4 Å². The number of rotatable bonds is 8. The molecule has 172 valence electrons. The molecular formula is C20H35IN4O4S. The lowest BCUT2D eigenvalue weighted by molar-refractivity contribution is 0.0170. The zero-order chi connectivity index (χ0) is 21.5. The highest BCUT2D eigenvalue weighted by Crippen LogP contribution is 2.23. The quantitative estimate of drug-likeness (QED) is 0.287. The van der Waals surface area contributed by atoms with Gasteiger partial charge in [0.15, 0.2) is 15.8 Å². The number of sulfone groups is 1. The van der Waals surface area contributed by atoms with Crippen molar-refractivity contribution in [1.82, 2.24) is 15.5 Å². The maximum absolute atomic E-state index is 11.9. The topological polar surface area (TPSA) is 92.3 Å². The third-order valence-corrected chi connectivity index (χ3v) is 7.51. The van der Waals surface area contributed by atoms with E-state index in [1.807, 2.05) is 12.1 Å². The van der Waals surface area contributed by atoms with Crippen molar-refractivity contribution in [3.05, 3.63) is 29.8 Å². The van der Waals surface area contributed by atoms with E-state index in [-0.39, 0.29) is 36.6 Å². The minimum atomic E-state index is -3.18. The first-order valence-corrected chi connectivity index (χ1v) is 11.7. The maximum atomic E-state index is 11.9. The van der Waals surface area contributed by atoms with Crippen LogP contribution in [0.15, 0.2) is 29.3 Å². The van der Waals surface area contributed by atoms with Crippen LogP contribution in [-0.2, 0) is 14.6 Å². The number of halogens is 1. The molecule has 0 amide bonds. The van der Waals surface area contributed by atoms with Gasteiger partial charge < -0.3 is 20.1 Å². The monoisotopic (exact) mass is 554 g/mol. The molecule has 1 fully saturated rings. The number of nitrogens with one attached hydrogen (secondary N) is 2. The number of methoxy groups -OCH3 is 1. The summed E-state index contributed by atoms with van der Waals surface area (Å²) in [6.45, 7) is 7.44. The predicted octanol–water partition coefficient (Wildman–Crippen LogP) is 1.67. The van der Waals surface area contributed by atoms with Crippen molar-refractivity contribution in [2.24, 2.45) is 4.99 Å². The Hall–Kier alpha value is -1.11. The molecule has 0 spiro atoms. The average Bonchev–Trinajstić information content (AvgIpc) is 2.70. The van der Waals surface area contributed by atoms with Crippen LogP contribution >= 0.6 is 24.0 Å². The lowest BCUT2D eigenvalue weighted by Gasteiger charge is -2.35. The van der Waals surface area contributed by atoms with Gasteiger partial charge in [-0.15, -0.1) is 24.0 Å². The second-order valence-corrected chi connectivity index (χ2v) is 10.4. The highest BCUT2D eigenvalue weighted by molar-refractivity contribution is 14.0. The van der Waals surface area contributed by atoms with E-state index in [4.69, 9.17) is 9.47 Å². The zero-order valence-electron chi connectivity index (χ0n) is 18.5. The largest absolute Gasteiger partial charge is 0.497 e. The Balaban J connectivity index is 0.00000450. The minimum absolute atomic E-state index is 0. The Morgan fingerprint density at radius 1 is 1.23 bits per heavy atom. The molecule has 0 aliphatic carbocycles. The lowest BCUT2D eigenvalue weighted by atomic mass is 10.0. The summed E-state index contributed by atoms with van der Waals surface area (Å²) in [6.07, 6.45) is 1.25. The molecule has 1 aromatic rings. The van der Waals surface area contributed by atoms with E-state index in [0.717, 1.165) is 18.8 Å². The summed E-state index contributed by atoms with van der Waals surface area (Å²) in [5.41, 5.74) is 1.17. The lowest BCUT2D eigenvalue weighted by Crippen LogP contribution is -2.50. The summed E-state index contributed by atoms with van der Waals surface area (Å²) in [6, 6.07) is 8.20. The normalized spacial score (nSPS) is 17.0. The SMILES string of the molecule is CN=C(NCC(c1ccc(OC)cc1)N1CCOCC1)NCC(C)(C)S(C)(=O)=O.I. The molecule has 0 aromatic heterocycles. The first-order chi connectivity index (χ1) is 13.7. The van der Waals surface area contributed by atoms with Crippen molar-refractivity contribution in [3.8, 4) is 5.75 Å². The van der Waals surface area contributed by atoms with Gasteiger partial charge in [-0.25, -0.2) is 8.42 Å². The van der Waals surface area contributed by atoms with Crippen LogP contribution in [0.4, 0.5) is 0 Å². The molecule has 1 aromatic carbocycles. The third kappa shape index (κ3) is 7.54. The molecule has 2 rings (SSSR count). The van der Waals surface area contributed by atoms with Gasteiger partial charge >= 0.3 is 0 Å². The average molecular weight is 554 g/mol. The summed E-state index contributed by atoms with van der Waals surface area (Å²) in [4.78, 5) is 6.63. The van der Waals surface area contributed by atoms with Crippen LogP contribution in [0.25, 0.3) is 0 Å². The minimum Gasteiger partial charge on any atom is -0.497 e. The standard InChI is InChI=1S/C20H34N4O4S.HI/c1-20(2,29(5,25)26)15-23-19(21-3)22-14-18(24-10-12-28-13-11-24)16-6-8-17(27-4)9-7-16;/h6-9,18H,10-15H2,1-5H3,(H2,21,22,23);1H. The van der Waals surface area contributed by atoms with Crippen molar-refractivity contribution < 1.29 is 17.9 Å². The van der Waals surface area contributed by atoms with Gasteiger partial charge in [0.05, 0.1) is 31.1 Å². The Labute approximate surface area is 197 Å². The van der Waals surface area contributed by atoms with Gasteiger partial charge in [0.1, 0.15) is 5.75 Å². The van der Waals surface area contributed by atoms with Crippen LogP contribution in [0.3, 0.4) is 0 Å². The Morgan fingerprint density at radius 3 is 2.33 bits per heavy atom. The van der Waals surface area contributed by atoms with E-state index in [9.17, 15) is 8.42 Å². The van der Waals surface area contributed by atoms with Gasteiger partial charge in [0, 0.05) is 39.5 Å². The van der Waals surface area contributed by atoms with E-state index < -0.39 is 14.6 Å². The summed E-state index contributed by atoms with van der Waals surface area (Å²) in [5, 5.41) is 6.49. The number of hydrogen-bond donors (Lipinski definition) is 2. The second kappa shape index (κ2) is 12.1. The highest BCUT2D eigenvalue weighted by atomic mass is 127. The molecule has 1 aliphatic heterocycles. The molecule has 1 heterocycles. The highest BCUT2D eigenvalue weighted by Gasteiger charge is 2.30. The number of morpholine rings is 1. The molecule has 1 unspecified atom stereocenters. The van der Waals surface area contributed by atoms with E-state index in [0.29, 0.717) is 25.7 Å². The summed E-state index contributed by atoms with van der Waals surface area (Å²) in [7, 11) is 0.153. The molecule has 0 radical (unpaired) electrons. The molecule has 0 bridgehead atoms. The molecule has 8 nitrogen and oxygen atoms in total. The number of hydrogen-bond acceptors (Lipinski definition) is 6. The van der Waals surface area contributed by atoms with Gasteiger partial charge in [-0.05, 0) is 31.5 Å². The fourth-order valence-electron chi connectivity index (χ4n) is 3.01. The van der Waals surface area contributed by atoms with Crippen LogP contribution in [0.2, 0.25) is 0 Å². The number of guanidine groups is 1. The molecule has 10 heteroatoms. The fraction of sp³-hybridized carbons (Fsp3) is 0.650. The van der Waals surface area contributed by atoms with E-state index in [1.165, 1.54) is 11.8 Å². The predicted molar refractivity (Wildman–Crippen MR) is 132 cm³/mol. The van der Waals surface area contributed by atoms with Gasteiger partial charge in [-0.2, -0.15) is 0 Å². The smallest absolute Gasteiger partial charge is 0.191 e. The van der Waals surface area contributed by atoms with Gasteiger partial charge in [0.2, 0.25) is 0 Å². The van der Waals surface area contributed by atoms with Crippen molar-refractivity contribution >= 4 is 39.8 Å². The van der Waals surface area contributed by atoms with Gasteiger partial charge in [0.25, 0.3) is 0 Å². The van der Waals surface area contributed by atoms with E-state index in [2.05, 4.69) is 32.7 Å². The molecular weight excluding hydrogens is 519 g/mol. The van der Waals surface area contributed by atoms with Crippen LogP contribution in [0.1, 0.15) is 25.5 Å². The second-order valence-electron chi connectivity index (χ2n) is 7.78. The number of aliphatic imine (C=N–C) groups is 1. The summed E-state index contributed by atoms with van der Waals surface area (Å²) < 4.78 is 33.8. The fourth-order valence-corrected chi connectivity index (χ4v) is 3.35. The third-order valence-electron chi connectivity index (χ3n) is 5.36. The number of benzene rings is 1. The van der Waals surface area contributed by atoms with Crippen LogP contribution in [0.5, 0.6) is 5.75 Å². The summed E-state index contributed by atoms with van der Waals surface area (Å²) in [5.74, 6) is 1.40. The van der Waals surface area contributed by atoms with Crippen molar-refractivity contribution in [1.29, 1.82) is 0 Å². The van der Waals surface area contributed by atoms with Gasteiger partial charge in [-0.3, -0.25) is 9.89 Å². The molecule has 1 saturated heterocycles. The van der Waals surface area contributed by atoms with Crippen molar-refractivity contribution in [2.45, 2.75) is 24.6 Å². The molecule has 1 aliphatic rings. The number of nitrogens with zero attached hydrogens (tertiary/aromatic N) is 2. The van der Waals surface area contributed by atoms with Crippen LogP contribution in [-0.4, -0.2) is 83.8 Å². The molecule has 30 heavy (non-hydrogen) atoms. The summed E-state index contributed by atoms with van der Waals surface area (Å²) >= 11 is 0. The van der Waals surface area contributed by atoms with Gasteiger partial charge in [-0.1, -0.05) is 12.1 Å². The molecule has 0 saturated carbocycles. The molecule has 2 N–H and O–H groups in total. The Kier molecular flexibility index (Phi) is 10.8. The Morgan fingerprint density at radius 2 is 1.83 bits per heavy atom. The first kappa shape index (κ1) is 26.9. The zero-order valence-corrected chi connectivity index (χ0v) is 21.6. The first-order valence-electron chi connectivity index (χ1n) is 9.78. The number of ether oxygens (including phenoxy) is 2. The molecule has 1 atom stereocenters. The van der Waals surface area contributed by atoms with E-state index >= 15 is 0 Å².